The first-order valence-corrected chi connectivity index (χ1v) is 10.6. The number of carbonyl (C=O) groups is 1. The van der Waals surface area contributed by atoms with Crippen molar-refractivity contribution in [3.8, 4) is 0 Å². The van der Waals surface area contributed by atoms with Gasteiger partial charge in [0.25, 0.3) is 0 Å². The summed E-state index contributed by atoms with van der Waals surface area (Å²) >= 11 is 0. The summed E-state index contributed by atoms with van der Waals surface area (Å²) in [4.78, 5) is 19.4. The highest BCUT2D eigenvalue weighted by Gasteiger charge is 2.23. The van der Waals surface area contributed by atoms with Crippen molar-refractivity contribution in [1.82, 2.24) is 15.6 Å². The van der Waals surface area contributed by atoms with Crippen LogP contribution in [0.25, 0.3) is 0 Å². The van der Waals surface area contributed by atoms with Gasteiger partial charge >= 0.3 is 0 Å². The highest BCUT2D eigenvalue weighted by molar-refractivity contribution is 5.78. The van der Waals surface area contributed by atoms with Crippen molar-refractivity contribution >= 4 is 11.6 Å². The summed E-state index contributed by atoms with van der Waals surface area (Å²) in [7, 11) is 0. The van der Waals surface area contributed by atoms with Gasteiger partial charge in [0.05, 0.1) is 18.3 Å². The van der Waals surface area contributed by atoms with Crippen molar-refractivity contribution in [2.75, 3.05) is 31.1 Å². The van der Waals surface area contributed by atoms with E-state index in [4.69, 9.17) is 0 Å². The standard InChI is InChI=1S/C25H28N4O/c30-24(27-17-20-14-16-29(19-20)22-11-5-2-6-12-22)18-28-25(21-9-3-1-4-10-21)23-13-7-8-15-26-23/h1-13,15,20,25,28H,14,16-19H2,(H,27,30). The van der Waals surface area contributed by atoms with E-state index >= 15 is 0 Å². The van der Waals surface area contributed by atoms with E-state index in [0.717, 1.165) is 30.8 Å². The fraction of sp³-hybridized carbons (Fsp3) is 0.280. The zero-order chi connectivity index (χ0) is 20.6. The minimum Gasteiger partial charge on any atom is -0.371 e. The number of hydrogen-bond donors (Lipinski definition) is 2. The third-order valence-electron chi connectivity index (χ3n) is 5.58. The van der Waals surface area contributed by atoms with E-state index in [1.807, 2.05) is 42.5 Å². The van der Waals surface area contributed by atoms with E-state index in [9.17, 15) is 4.79 Å². The summed E-state index contributed by atoms with van der Waals surface area (Å²) in [6.45, 7) is 2.99. The minimum atomic E-state index is -0.113. The molecule has 1 aliphatic rings. The second-order valence-electron chi connectivity index (χ2n) is 7.72. The average molecular weight is 401 g/mol. The molecule has 0 spiro atoms. The monoisotopic (exact) mass is 400 g/mol. The van der Waals surface area contributed by atoms with E-state index in [1.165, 1.54) is 5.69 Å². The largest absolute Gasteiger partial charge is 0.371 e. The number of nitrogens with one attached hydrogen (secondary N) is 2. The number of anilines is 1. The quantitative estimate of drug-likeness (QED) is 0.609. The van der Waals surface area contributed by atoms with Crippen LogP contribution in [0.15, 0.2) is 85.1 Å². The van der Waals surface area contributed by atoms with E-state index in [0.29, 0.717) is 12.5 Å². The van der Waals surface area contributed by atoms with Gasteiger partial charge in [-0.15, -0.1) is 0 Å². The zero-order valence-electron chi connectivity index (χ0n) is 17.1. The SMILES string of the molecule is O=C(CNC(c1ccccc1)c1ccccn1)NCC1CCN(c2ccccc2)C1. The van der Waals surface area contributed by atoms with Crippen LogP contribution >= 0.6 is 0 Å². The molecule has 5 nitrogen and oxygen atoms in total. The zero-order valence-corrected chi connectivity index (χ0v) is 17.1. The molecule has 2 aromatic carbocycles. The summed E-state index contributed by atoms with van der Waals surface area (Å²) in [5, 5.41) is 6.48. The van der Waals surface area contributed by atoms with Crippen molar-refractivity contribution in [2.45, 2.75) is 12.5 Å². The minimum absolute atomic E-state index is 0.0185. The fourth-order valence-electron chi connectivity index (χ4n) is 3.97. The van der Waals surface area contributed by atoms with E-state index in [2.05, 4.69) is 56.9 Å². The number of hydrogen-bond acceptors (Lipinski definition) is 4. The van der Waals surface area contributed by atoms with Crippen molar-refractivity contribution in [3.05, 3.63) is 96.3 Å². The molecule has 0 bridgehead atoms. The molecule has 3 aromatic rings. The number of amides is 1. The summed E-state index contributed by atoms with van der Waals surface area (Å²) in [6, 6.07) is 26.3. The Morgan fingerprint density at radius 3 is 2.47 bits per heavy atom. The topological polar surface area (TPSA) is 57.3 Å². The van der Waals surface area contributed by atoms with Crippen LogP contribution in [0, 0.1) is 5.92 Å². The Morgan fingerprint density at radius 2 is 1.73 bits per heavy atom. The number of carbonyl (C=O) groups excluding carboxylic acids is 1. The molecule has 154 valence electrons. The lowest BCUT2D eigenvalue weighted by atomic mass is 10.0. The molecule has 1 fully saturated rings. The first-order chi connectivity index (χ1) is 14.8. The van der Waals surface area contributed by atoms with Crippen LogP contribution in [0.5, 0.6) is 0 Å². The van der Waals surface area contributed by atoms with E-state index in [-0.39, 0.29) is 18.5 Å². The lowest BCUT2D eigenvalue weighted by Gasteiger charge is -2.20. The van der Waals surface area contributed by atoms with Gasteiger partial charge in [0.15, 0.2) is 0 Å². The predicted octanol–water partition coefficient (Wildman–Crippen LogP) is 3.40. The molecular weight excluding hydrogens is 372 g/mol. The number of pyridine rings is 1. The Morgan fingerprint density at radius 1 is 1.00 bits per heavy atom. The smallest absolute Gasteiger partial charge is 0.233 e. The van der Waals surface area contributed by atoms with Crippen molar-refractivity contribution in [1.29, 1.82) is 0 Å². The van der Waals surface area contributed by atoms with Gasteiger partial charge in [-0.1, -0.05) is 54.6 Å². The Hall–Kier alpha value is -3.18. The molecule has 0 aliphatic carbocycles. The lowest BCUT2D eigenvalue weighted by Crippen LogP contribution is -2.38. The maximum absolute atomic E-state index is 12.5. The Bertz CT molecular complexity index is 878. The second kappa shape index (κ2) is 10.0. The van der Waals surface area contributed by atoms with Gasteiger partial charge in [-0.05, 0) is 42.2 Å². The van der Waals surface area contributed by atoms with Gasteiger partial charge in [-0.25, -0.2) is 0 Å². The molecule has 30 heavy (non-hydrogen) atoms. The fourth-order valence-corrected chi connectivity index (χ4v) is 3.97. The Balaban J connectivity index is 1.28. The van der Waals surface area contributed by atoms with Crippen LogP contribution < -0.4 is 15.5 Å². The van der Waals surface area contributed by atoms with Gasteiger partial charge < -0.3 is 10.2 Å². The molecule has 2 N–H and O–H groups in total. The number of nitrogens with zero attached hydrogens (tertiary/aromatic N) is 2. The normalized spacial score (nSPS) is 16.9. The molecular formula is C25H28N4O. The number of rotatable bonds is 8. The molecule has 1 aliphatic heterocycles. The summed E-state index contributed by atoms with van der Waals surface area (Å²) in [5.74, 6) is 0.500. The van der Waals surface area contributed by atoms with Crippen molar-refractivity contribution < 1.29 is 4.79 Å². The van der Waals surface area contributed by atoms with Gasteiger partial charge in [0.1, 0.15) is 0 Å². The lowest BCUT2D eigenvalue weighted by molar-refractivity contribution is -0.120. The van der Waals surface area contributed by atoms with Crippen molar-refractivity contribution in [2.24, 2.45) is 5.92 Å². The summed E-state index contributed by atoms with van der Waals surface area (Å²) in [5.41, 5.74) is 3.26. The number of benzene rings is 2. The highest BCUT2D eigenvalue weighted by atomic mass is 16.1. The predicted molar refractivity (Wildman–Crippen MR) is 120 cm³/mol. The number of aromatic nitrogens is 1. The highest BCUT2D eigenvalue weighted by Crippen LogP contribution is 2.23. The molecule has 0 radical (unpaired) electrons. The van der Waals surface area contributed by atoms with Gasteiger partial charge in [-0.3, -0.25) is 15.1 Å². The van der Waals surface area contributed by atoms with Crippen LogP contribution in [0.4, 0.5) is 5.69 Å². The van der Waals surface area contributed by atoms with E-state index in [1.54, 1.807) is 6.20 Å². The molecule has 0 saturated carbocycles. The van der Waals surface area contributed by atoms with Gasteiger partial charge in [0.2, 0.25) is 5.91 Å². The Kier molecular flexibility index (Phi) is 6.72. The molecule has 1 aromatic heterocycles. The third-order valence-corrected chi connectivity index (χ3v) is 5.58. The molecule has 1 saturated heterocycles. The molecule has 1 amide bonds. The van der Waals surface area contributed by atoms with Gasteiger partial charge in [0, 0.05) is 31.5 Å². The molecule has 2 heterocycles. The molecule has 4 rings (SSSR count). The Labute approximate surface area is 178 Å². The van der Waals surface area contributed by atoms with Gasteiger partial charge in [-0.2, -0.15) is 0 Å². The van der Waals surface area contributed by atoms with Crippen LogP contribution in [0.1, 0.15) is 23.7 Å². The maximum atomic E-state index is 12.5. The first kappa shape index (κ1) is 20.1. The molecule has 2 atom stereocenters. The van der Waals surface area contributed by atoms with Crippen LogP contribution in [0.3, 0.4) is 0 Å². The maximum Gasteiger partial charge on any atom is 0.233 e. The number of para-hydroxylation sites is 1. The van der Waals surface area contributed by atoms with Crippen LogP contribution in [-0.2, 0) is 4.79 Å². The average Bonchev–Trinajstić information content (AvgIpc) is 3.29. The third kappa shape index (κ3) is 5.24. The molecule has 5 heteroatoms. The van der Waals surface area contributed by atoms with Crippen molar-refractivity contribution in [3.63, 3.8) is 0 Å². The summed E-state index contributed by atoms with van der Waals surface area (Å²) in [6.07, 6.45) is 2.88. The first-order valence-electron chi connectivity index (χ1n) is 10.6. The van der Waals surface area contributed by atoms with Crippen LogP contribution in [-0.4, -0.2) is 37.1 Å². The van der Waals surface area contributed by atoms with E-state index < -0.39 is 0 Å². The summed E-state index contributed by atoms with van der Waals surface area (Å²) < 4.78 is 0. The second-order valence-corrected chi connectivity index (χ2v) is 7.72. The van der Waals surface area contributed by atoms with Crippen LogP contribution in [0.2, 0.25) is 0 Å². The molecule has 2 unspecified atom stereocenters.